The maximum atomic E-state index is 12.1. The maximum Gasteiger partial charge on any atom is 0.418 e. The Morgan fingerprint density at radius 1 is 1.21 bits per heavy atom. The molecule has 1 aliphatic rings. The fourth-order valence-corrected chi connectivity index (χ4v) is 3.69. The molecule has 178 valence electrons. The standard InChI is InChI=1S/C24H25ClN4O5/c25-17-5-7-19(8-6-17)33-20-9-12-29(15-20)14-18(30)16-32-22-4-2-1-3-21(22)28-24(31)34-23-13-26-10-11-27-23/h1-8,10-11,13,18,20,30H,9,12,14-16H2,(H,28,31). The number of aliphatic hydroxyl groups excluding tert-OH is 1. The fraction of sp³-hybridized carbons (Fsp3) is 0.292. The molecular formula is C24H25ClN4O5. The number of hydrogen-bond acceptors (Lipinski definition) is 8. The Labute approximate surface area is 202 Å². The molecule has 0 radical (unpaired) electrons. The lowest BCUT2D eigenvalue weighted by Crippen LogP contribution is -2.35. The van der Waals surface area contributed by atoms with Crippen molar-refractivity contribution in [3.05, 3.63) is 72.1 Å². The van der Waals surface area contributed by atoms with E-state index >= 15 is 0 Å². The van der Waals surface area contributed by atoms with Gasteiger partial charge in [-0.05, 0) is 42.8 Å². The number of aliphatic hydroxyl groups is 1. The van der Waals surface area contributed by atoms with Crippen LogP contribution in [-0.2, 0) is 0 Å². The second-order valence-corrected chi connectivity index (χ2v) is 8.20. The van der Waals surface area contributed by atoms with Crippen molar-refractivity contribution in [1.82, 2.24) is 14.9 Å². The Morgan fingerprint density at radius 2 is 2.03 bits per heavy atom. The van der Waals surface area contributed by atoms with E-state index in [0.29, 0.717) is 29.5 Å². The first-order valence-corrected chi connectivity index (χ1v) is 11.2. The van der Waals surface area contributed by atoms with Gasteiger partial charge in [-0.25, -0.2) is 9.78 Å². The molecule has 9 nitrogen and oxygen atoms in total. The van der Waals surface area contributed by atoms with Crippen LogP contribution in [0.4, 0.5) is 10.5 Å². The number of anilines is 1. The summed E-state index contributed by atoms with van der Waals surface area (Å²) in [5.74, 6) is 1.28. The van der Waals surface area contributed by atoms with Gasteiger partial charge in [0.05, 0.1) is 11.9 Å². The number of nitrogens with one attached hydrogen (secondary N) is 1. The summed E-state index contributed by atoms with van der Waals surface area (Å²) in [6, 6.07) is 14.2. The summed E-state index contributed by atoms with van der Waals surface area (Å²) in [5.41, 5.74) is 0.418. The second kappa shape index (κ2) is 11.6. The molecule has 1 saturated heterocycles. The van der Waals surface area contributed by atoms with Crippen LogP contribution in [-0.4, -0.2) is 64.5 Å². The molecule has 0 saturated carbocycles. The van der Waals surface area contributed by atoms with Gasteiger partial charge in [-0.3, -0.25) is 15.2 Å². The number of hydrogen-bond donors (Lipinski definition) is 2. The predicted molar refractivity (Wildman–Crippen MR) is 127 cm³/mol. The molecule has 1 fully saturated rings. The number of benzene rings is 2. The van der Waals surface area contributed by atoms with E-state index in [0.717, 1.165) is 18.7 Å². The molecule has 4 rings (SSSR count). The fourth-order valence-electron chi connectivity index (χ4n) is 3.57. The van der Waals surface area contributed by atoms with Crippen molar-refractivity contribution >= 4 is 23.4 Å². The number of amides is 1. The van der Waals surface area contributed by atoms with Crippen LogP contribution in [0.25, 0.3) is 0 Å². The molecule has 2 aromatic carbocycles. The summed E-state index contributed by atoms with van der Waals surface area (Å²) < 4.78 is 16.9. The average Bonchev–Trinajstić information content (AvgIpc) is 3.27. The highest BCUT2D eigenvalue weighted by Gasteiger charge is 2.26. The first-order valence-electron chi connectivity index (χ1n) is 10.8. The van der Waals surface area contributed by atoms with Crippen molar-refractivity contribution in [2.24, 2.45) is 0 Å². The molecule has 1 aromatic heterocycles. The Kier molecular flexibility index (Phi) is 8.13. The zero-order valence-corrected chi connectivity index (χ0v) is 19.1. The molecule has 2 heterocycles. The van der Waals surface area contributed by atoms with Crippen molar-refractivity contribution in [1.29, 1.82) is 0 Å². The van der Waals surface area contributed by atoms with Crippen molar-refractivity contribution in [2.45, 2.75) is 18.6 Å². The molecule has 2 unspecified atom stereocenters. The van der Waals surface area contributed by atoms with E-state index < -0.39 is 12.2 Å². The minimum Gasteiger partial charge on any atom is -0.489 e. The van der Waals surface area contributed by atoms with Crippen molar-refractivity contribution in [2.75, 3.05) is 31.6 Å². The Bertz CT molecular complexity index is 1070. The summed E-state index contributed by atoms with van der Waals surface area (Å²) in [6.07, 6.45) is 3.73. The molecular weight excluding hydrogens is 460 g/mol. The lowest BCUT2D eigenvalue weighted by molar-refractivity contribution is 0.0722. The quantitative estimate of drug-likeness (QED) is 0.474. The van der Waals surface area contributed by atoms with Crippen LogP contribution in [0.3, 0.4) is 0 Å². The largest absolute Gasteiger partial charge is 0.489 e. The predicted octanol–water partition coefficient (Wildman–Crippen LogP) is 3.63. The van der Waals surface area contributed by atoms with Crippen molar-refractivity contribution < 1.29 is 24.1 Å². The Hall–Kier alpha value is -3.40. The van der Waals surface area contributed by atoms with E-state index in [-0.39, 0.29) is 18.6 Å². The van der Waals surface area contributed by atoms with Gasteiger partial charge in [0.2, 0.25) is 5.88 Å². The Balaban J connectivity index is 1.23. The molecule has 1 aliphatic heterocycles. The molecule has 0 aliphatic carbocycles. The highest BCUT2D eigenvalue weighted by molar-refractivity contribution is 6.30. The average molecular weight is 485 g/mol. The maximum absolute atomic E-state index is 12.1. The van der Waals surface area contributed by atoms with Gasteiger partial charge in [-0.2, -0.15) is 0 Å². The van der Waals surface area contributed by atoms with E-state index in [1.165, 1.54) is 18.6 Å². The SMILES string of the molecule is O=C(Nc1ccccc1OCC(O)CN1CCC(Oc2ccc(Cl)cc2)C1)Oc1cnccn1. The summed E-state index contributed by atoms with van der Waals surface area (Å²) in [5, 5.41) is 13.8. The van der Waals surface area contributed by atoms with Crippen LogP contribution < -0.4 is 19.5 Å². The normalized spacial score (nSPS) is 16.6. The number of para-hydroxylation sites is 2. The first kappa shape index (κ1) is 23.7. The smallest absolute Gasteiger partial charge is 0.418 e. The minimum absolute atomic E-state index is 0.0551. The van der Waals surface area contributed by atoms with E-state index in [4.69, 9.17) is 25.8 Å². The number of carbonyl (C=O) groups is 1. The van der Waals surface area contributed by atoms with Gasteiger partial charge >= 0.3 is 6.09 Å². The number of likely N-dealkylation sites (tertiary alicyclic amines) is 1. The highest BCUT2D eigenvalue weighted by atomic mass is 35.5. The second-order valence-electron chi connectivity index (χ2n) is 7.76. The van der Waals surface area contributed by atoms with Crippen molar-refractivity contribution in [3.63, 3.8) is 0 Å². The van der Waals surface area contributed by atoms with Crippen LogP contribution in [0.5, 0.6) is 17.4 Å². The third kappa shape index (κ3) is 7.05. The molecule has 1 amide bonds. The molecule has 2 atom stereocenters. The number of aromatic nitrogens is 2. The van der Waals surface area contributed by atoms with E-state index in [1.807, 2.05) is 12.1 Å². The Morgan fingerprint density at radius 3 is 2.82 bits per heavy atom. The number of carbonyl (C=O) groups excluding carboxylic acids is 1. The van der Waals surface area contributed by atoms with Crippen LogP contribution in [0.1, 0.15) is 6.42 Å². The lowest BCUT2D eigenvalue weighted by atomic mass is 10.3. The van der Waals surface area contributed by atoms with Gasteiger partial charge in [-0.1, -0.05) is 23.7 Å². The number of ether oxygens (including phenoxy) is 3. The zero-order chi connectivity index (χ0) is 23.8. The topological polar surface area (TPSA) is 106 Å². The lowest BCUT2D eigenvalue weighted by Gasteiger charge is -2.21. The monoisotopic (exact) mass is 484 g/mol. The van der Waals surface area contributed by atoms with E-state index in [2.05, 4.69) is 20.2 Å². The van der Waals surface area contributed by atoms with Crippen LogP contribution in [0.2, 0.25) is 5.02 Å². The van der Waals surface area contributed by atoms with Gasteiger partial charge in [0.25, 0.3) is 0 Å². The molecule has 34 heavy (non-hydrogen) atoms. The van der Waals surface area contributed by atoms with E-state index in [9.17, 15) is 9.90 Å². The molecule has 2 N–H and O–H groups in total. The third-order valence-corrected chi connectivity index (χ3v) is 5.36. The van der Waals surface area contributed by atoms with Gasteiger partial charge in [-0.15, -0.1) is 0 Å². The number of rotatable bonds is 9. The molecule has 3 aromatic rings. The minimum atomic E-state index is -0.721. The van der Waals surface area contributed by atoms with Gasteiger partial charge in [0, 0.05) is 37.1 Å². The molecule has 0 bridgehead atoms. The summed E-state index contributed by atoms with van der Waals surface area (Å²) >= 11 is 5.92. The molecule has 0 spiro atoms. The van der Waals surface area contributed by atoms with Crippen LogP contribution >= 0.6 is 11.6 Å². The van der Waals surface area contributed by atoms with Gasteiger partial charge in [0.15, 0.2) is 0 Å². The van der Waals surface area contributed by atoms with Gasteiger partial charge < -0.3 is 19.3 Å². The summed E-state index contributed by atoms with van der Waals surface area (Å²) in [7, 11) is 0. The van der Waals surface area contributed by atoms with Crippen LogP contribution in [0.15, 0.2) is 67.1 Å². The van der Waals surface area contributed by atoms with E-state index in [1.54, 1.807) is 36.4 Å². The van der Waals surface area contributed by atoms with Gasteiger partial charge in [0.1, 0.15) is 30.3 Å². The summed E-state index contributed by atoms with van der Waals surface area (Å²) in [4.78, 5) is 22.0. The zero-order valence-electron chi connectivity index (χ0n) is 18.3. The number of halogens is 1. The van der Waals surface area contributed by atoms with Crippen molar-refractivity contribution in [3.8, 4) is 17.4 Å². The number of nitrogens with zero attached hydrogens (tertiary/aromatic N) is 3. The third-order valence-electron chi connectivity index (χ3n) is 5.11. The highest BCUT2D eigenvalue weighted by Crippen LogP contribution is 2.25. The first-order chi connectivity index (χ1) is 16.5. The molecule has 10 heteroatoms. The van der Waals surface area contributed by atoms with Crippen LogP contribution in [0, 0.1) is 0 Å². The number of β-amino-alcohol motifs (C(OH)–C–C–N with tert-alkyl or cyclic N) is 1. The summed E-state index contributed by atoms with van der Waals surface area (Å²) in [6.45, 7) is 2.05.